The fourth-order valence-electron chi connectivity index (χ4n) is 3.73. The number of hydrogen-bond acceptors (Lipinski definition) is 3. The Morgan fingerprint density at radius 1 is 0.750 bits per heavy atom. The molecule has 0 fully saturated rings. The Hall–Kier alpha value is -2.04. The van der Waals surface area contributed by atoms with Gasteiger partial charge in [0.1, 0.15) is 24.7 Å². The number of rotatable bonds is 17. The highest BCUT2D eigenvalue weighted by Gasteiger charge is 2.11. The van der Waals surface area contributed by atoms with Gasteiger partial charge in [0.15, 0.2) is 5.82 Å². The Morgan fingerprint density at radius 2 is 1.41 bits per heavy atom. The van der Waals surface area contributed by atoms with Crippen LogP contribution in [-0.4, -0.2) is 28.9 Å². The third-order valence-electron chi connectivity index (χ3n) is 5.70. The molecule has 2 unspecified atom stereocenters. The minimum atomic E-state index is -1.08. The number of ether oxygens (including phenoxy) is 1. The number of aryl methyl sites for hydroxylation is 1. The van der Waals surface area contributed by atoms with Crippen LogP contribution in [0.3, 0.4) is 0 Å². The van der Waals surface area contributed by atoms with E-state index in [1.54, 1.807) is 0 Å². The van der Waals surface area contributed by atoms with Gasteiger partial charge in [-0.2, -0.15) is 0 Å². The van der Waals surface area contributed by atoms with Crippen molar-refractivity contribution in [1.29, 1.82) is 0 Å². The maximum atomic E-state index is 14.0. The van der Waals surface area contributed by atoms with Crippen molar-refractivity contribution in [2.75, 3.05) is 6.61 Å². The molecule has 3 nitrogen and oxygen atoms in total. The van der Waals surface area contributed by atoms with E-state index in [9.17, 15) is 8.78 Å². The van der Waals surface area contributed by atoms with E-state index in [2.05, 4.69) is 16.9 Å². The summed E-state index contributed by atoms with van der Waals surface area (Å²) in [6, 6.07) is 7.41. The maximum Gasteiger partial charge on any atom is 0.159 e. The lowest BCUT2D eigenvalue weighted by Gasteiger charge is -2.12. The van der Waals surface area contributed by atoms with Crippen LogP contribution in [0.5, 0.6) is 5.75 Å². The van der Waals surface area contributed by atoms with Crippen molar-refractivity contribution in [2.45, 2.75) is 103 Å². The number of halogens is 2. The molecular weight excluding hydrogens is 406 g/mol. The summed E-state index contributed by atoms with van der Waals surface area (Å²) in [7, 11) is 0. The summed E-state index contributed by atoms with van der Waals surface area (Å²) in [4.78, 5) is 9.00. The second-order valence-corrected chi connectivity index (χ2v) is 8.68. The molecule has 2 atom stereocenters. The molecule has 0 saturated heterocycles. The van der Waals surface area contributed by atoms with Crippen molar-refractivity contribution in [3.63, 3.8) is 0 Å². The molecule has 0 amide bonds. The van der Waals surface area contributed by atoms with Crippen LogP contribution in [0.4, 0.5) is 8.78 Å². The third-order valence-corrected chi connectivity index (χ3v) is 5.70. The molecule has 1 aromatic heterocycles. The van der Waals surface area contributed by atoms with Gasteiger partial charge in [0.25, 0.3) is 0 Å². The van der Waals surface area contributed by atoms with Crippen molar-refractivity contribution in [1.82, 2.24) is 9.97 Å². The van der Waals surface area contributed by atoms with Crippen LogP contribution in [-0.2, 0) is 6.42 Å². The summed E-state index contributed by atoms with van der Waals surface area (Å²) in [5, 5.41) is 0. The normalized spacial score (nSPS) is 13.1. The number of unbranched alkanes of at least 4 members (excludes halogenated alkanes) is 5. The number of nitrogens with zero attached hydrogens (tertiary/aromatic N) is 2. The van der Waals surface area contributed by atoms with Crippen LogP contribution in [0.15, 0.2) is 36.7 Å². The van der Waals surface area contributed by atoms with E-state index in [1.165, 1.54) is 44.1 Å². The molecule has 2 rings (SSSR count). The topological polar surface area (TPSA) is 35.0 Å². The van der Waals surface area contributed by atoms with Crippen LogP contribution in [0, 0.1) is 0 Å². The van der Waals surface area contributed by atoms with Crippen molar-refractivity contribution < 1.29 is 13.5 Å². The zero-order valence-electron chi connectivity index (χ0n) is 19.9. The van der Waals surface area contributed by atoms with Crippen LogP contribution in [0.2, 0.25) is 0 Å². The average molecular weight is 447 g/mol. The predicted molar refractivity (Wildman–Crippen MR) is 129 cm³/mol. The summed E-state index contributed by atoms with van der Waals surface area (Å²) in [5.74, 6) is 1.30. The standard InChI is InChI=1S/C27H40F2N2O/c1-3-5-6-7-8-9-12-22-19-30-27(31-20-22)23-15-17-26(18-16-23)32-21-25(29)14-10-13-24(28)11-4-2/h15-20,24-25H,3-14,21H2,1-2H3. The third kappa shape index (κ3) is 10.5. The van der Waals surface area contributed by atoms with Gasteiger partial charge in [0, 0.05) is 18.0 Å². The van der Waals surface area contributed by atoms with Gasteiger partial charge >= 0.3 is 0 Å². The van der Waals surface area contributed by atoms with Gasteiger partial charge < -0.3 is 4.74 Å². The van der Waals surface area contributed by atoms with Crippen LogP contribution < -0.4 is 4.74 Å². The number of aromatic nitrogens is 2. The largest absolute Gasteiger partial charge is 0.491 e. The monoisotopic (exact) mass is 446 g/mol. The Morgan fingerprint density at radius 3 is 2.09 bits per heavy atom. The van der Waals surface area contributed by atoms with Gasteiger partial charge in [0.2, 0.25) is 0 Å². The van der Waals surface area contributed by atoms with Gasteiger partial charge in [-0.3, -0.25) is 0 Å². The molecule has 1 heterocycles. The van der Waals surface area contributed by atoms with Crippen molar-refractivity contribution in [3.8, 4) is 17.1 Å². The molecule has 178 valence electrons. The quantitative estimate of drug-likeness (QED) is 0.230. The van der Waals surface area contributed by atoms with E-state index < -0.39 is 12.3 Å². The van der Waals surface area contributed by atoms with Gasteiger partial charge in [-0.25, -0.2) is 18.7 Å². The molecular formula is C27H40F2N2O. The van der Waals surface area contributed by atoms with Crippen molar-refractivity contribution >= 4 is 0 Å². The van der Waals surface area contributed by atoms with Crippen molar-refractivity contribution in [3.05, 3.63) is 42.2 Å². The van der Waals surface area contributed by atoms with Gasteiger partial charge in [0.05, 0.1) is 0 Å². The molecule has 1 aromatic carbocycles. The SMILES string of the molecule is CCCCCCCCc1cnc(-c2ccc(OCC(F)CCCC(F)CCC)cc2)nc1. The predicted octanol–water partition coefficient (Wildman–Crippen LogP) is 8.07. The fraction of sp³-hybridized carbons (Fsp3) is 0.630. The summed E-state index contributed by atoms with van der Waals surface area (Å²) in [6.07, 6.45) is 13.3. The smallest absolute Gasteiger partial charge is 0.159 e. The minimum Gasteiger partial charge on any atom is -0.491 e. The highest BCUT2D eigenvalue weighted by Crippen LogP contribution is 2.21. The Bertz CT molecular complexity index is 721. The molecule has 2 aromatic rings. The second-order valence-electron chi connectivity index (χ2n) is 8.68. The van der Waals surface area contributed by atoms with Crippen LogP contribution in [0.25, 0.3) is 11.4 Å². The number of hydrogen-bond donors (Lipinski definition) is 0. The molecule has 0 spiro atoms. The van der Waals surface area contributed by atoms with E-state index in [-0.39, 0.29) is 6.61 Å². The average Bonchev–Trinajstić information content (AvgIpc) is 2.81. The molecule has 0 aliphatic heterocycles. The number of alkyl halides is 2. The molecule has 0 aliphatic carbocycles. The van der Waals surface area contributed by atoms with E-state index in [1.807, 2.05) is 43.6 Å². The molecule has 5 heteroatoms. The summed E-state index contributed by atoms with van der Waals surface area (Å²) < 4.78 is 33.0. The van der Waals surface area contributed by atoms with Crippen LogP contribution >= 0.6 is 0 Å². The second kappa shape index (κ2) is 15.7. The summed E-state index contributed by atoms with van der Waals surface area (Å²) in [5.41, 5.74) is 2.08. The van der Waals surface area contributed by atoms with Gasteiger partial charge in [-0.1, -0.05) is 52.4 Å². The molecule has 0 N–H and O–H groups in total. The van der Waals surface area contributed by atoms with E-state index in [0.717, 1.165) is 18.4 Å². The zero-order valence-corrected chi connectivity index (χ0v) is 19.9. The first-order valence-corrected chi connectivity index (χ1v) is 12.4. The summed E-state index contributed by atoms with van der Waals surface area (Å²) in [6.45, 7) is 4.19. The molecule has 0 aliphatic rings. The maximum absolute atomic E-state index is 14.0. The van der Waals surface area contributed by atoms with E-state index in [0.29, 0.717) is 37.3 Å². The lowest BCUT2D eigenvalue weighted by Crippen LogP contribution is -2.13. The Balaban J connectivity index is 1.70. The minimum absolute atomic E-state index is 0.00623. The molecule has 0 radical (unpaired) electrons. The first kappa shape index (κ1) is 26.2. The van der Waals surface area contributed by atoms with E-state index >= 15 is 0 Å². The lowest BCUT2D eigenvalue weighted by atomic mass is 10.1. The molecule has 0 saturated carbocycles. The first-order chi connectivity index (χ1) is 15.6. The summed E-state index contributed by atoms with van der Waals surface area (Å²) >= 11 is 0. The van der Waals surface area contributed by atoms with Crippen LogP contribution in [0.1, 0.15) is 90.0 Å². The Kier molecular flexibility index (Phi) is 12.9. The fourth-order valence-corrected chi connectivity index (χ4v) is 3.73. The van der Waals surface area contributed by atoms with Gasteiger partial charge in [-0.15, -0.1) is 0 Å². The first-order valence-electron chi connectivity index (χ1n) is 12.4. The molecule has 0 bridgehead atoms. The highest BCUT2D eigenvalue weighted by molar-refractivity contribution is 5.55. The van der Waals surface area contributed by atoms with Gasteiger partial charge in [-0.05, 0) is 68.4 Å². The molecule has 32 heavy (non-hydrogen) atoms. The number of benzene rings is 1. The zero-order chi connectivity index (χ0) is 23.0. The Labute approximate surface area is 193 Å². The van der Waals surface area contributed by atoms with Crippen molar-refractivity contribution in [2.24, 2.45) is 0 Å². The highest BCUT2D eigenvalue weighted by atomic mass is 19.1. The van der Waals surface area contributed by atoms with E-state index in [4.69, 9.17) is 4.74 Å². The lowest BCUT2D eigenvalue weighted by molar-refractivity contribution is 0.178.